The van der Waals surface area contributed by atoms with Crippen LogP contribution in [-0.2, 0) is 12.8 Å². The molecule has 0 aliphatic carbocycles. The van der Waals surface area contributed by atoms with Crippen LogP contribution >= 0.6 is 0 Å². The van der Waals surface area contributed by atoms with E-state index in [2.05, 4.69) is 0 Å². The molecule has 24 heavy (non-hydrogen) atoms. The average Bonchev–Trinajstić information content (AvgIpc) is 2.55. The number of carboxylic acids is 2. The Morgan fingerprint density at radius 1 is 0.708 bits per heavy atom. The Balaban J connectivity index is 3.02. The van der Waals surface area contributed by atoms with E-state index in [1.807, 2.05) is 0 Å². The van der Waals surface area contributed by atoms with Gasteiger partial charge in [0.2, 0.25) is 0 Å². The number of unbranched alkanes of at least 4 members (excludes halogenated alkanes) is 4. The van der Waals surface area contributed by atoms with Crippen LogP contribution in [0.15, 0.2) is 12.1 Å². The molecule has 0 bridgehead atoms. The second-order valence-corrected chi connectivity index (χ2v) is 5.85. The van der Waals surface area contributed by atoms with Crippen molar-refractivity contribution in [3.8, 4) is 0 Å². The molecule has 6 nitrogen and oxygen atoms in total. The summed E-state index contributed by atoms with van der Waals surface area (Å²) in [5.74, 6) is -2.24. The molecule has 0 amide bonds. The van der Waals surface area contributed by atoms with Crippen LogP contribution in [0.25, 0.3) is 0 Å². The number of hydrogen-bond acceptors (Lipinski definition) is 4. The molecular weight excluding hydrogens is 312 g/mol. The highest BCUT2D eigenvalue weighted by Crippen LogP contribution is 2.22. The lowest BCUT2D eigenvalue weighted by Crippen LogP contribution is -2.12. The van der Waals surface area contributed by atoms with Crippen molar-refractivity contribution in [2.45, 2.75) is 51.4 Å². The van der Waals surface area contributed by atoms with E-state index in [0.717, 1.165) is 19.3 Å². The first-order chi connectivity index (χ1) is 11.5. The molecule has 0 heterocycles. The Kier molecular flexibility index (Phi) is 9.04. The van der Waals surface area contributed by atoms with Crippen molar-refractivity contribution in [2.75, 3.05) is 13.2 Å². The topological polar surface area (TPSA) is 115 Å². The van der Waals surface area contributed by atoms with Crippen LogP contribution in [-0.4, -0.2) is 45.6 Å². The number of carboxylic acid groups (broad SMARTS) is 2. The van der Waals surface area contributed by atoms with Gasteiger partial charge in [0.15, 0.2) is 0 Å². The molecule has 6 heteroatoms. The summed E-state index contributed by atoms with van der Waals surface area (Å²) in [6.07, 6.45) is 5.20. The maximum Gasteiger partial charge on any atom is 0.335 e. The number of aliphatic hydroxyl groups excluding tert-OH is 2. The lowest BCUT2D eigenvalue weighted by molar-refractivity contribution is 0.0695. The molecule has 0 fully saturated rings. The Labute approximate surface area is 141 Å². The second kappa shape index (κ2) is 10.8. The minimum atomic E-state index is -1.12. The lowest BCUT2D eigenvalue weighted by Gasteiger charge is -2.13. The summed E-state index contributed by atoms with van der Waals surface area (Å²) in [5.41, 5.74) is 1.15. The fourth-order valence-corrected chi connectivity index (χ4v) is 2.74. The molecule has 1 aromatic carbocycles. The molecule has 4 N–H and O–H groups in total. The summed E-state index contributed by atoms with van der Waals surface area (Å²) in [5, 5.41) is 36.5. The highest BCUT2D eigenvalue weighted by atomic mass is 16.4. The molecule has 0 aromatic heterocycles. The zero-order valence-electron chi connectivity index (χ0n) is 13.8. The third-order valence-electron chi connectivity index (χ3n) is 3.98. The molecule has 0 aliphatic rings. The van der Waals surface area contributed by atoms with Crippen LogP contribution in [0.4, 0.5) is 0 Å². The Bertz CT molecular complexity index is 517. The van der Waals surface area contributed by atoms with Crippen LogP contribution < -0.4 is 0 Å². The standard InChI is InChI=1S/C18H26O6/c19-9-5-1-3-7-13-11-15(17(21)22)14(8-4-2-6-10-20)16(12-13)18(23)24/h11-12,19-20H,1-10H2,(H,21,22)(H,23,24). The normalized spacial score (nSPS) is 10.8. The molecular formula is C18H26O6. The zero-order valence-corrected chi connectivity index (χ0v) is 13.8. The average molecular weight is 338 g/mol. The molecule has 0 saturated carbocycles. The van der Waals surface area contributed by atoms with Crippen molar-refractivity contribution in [3.63, 3.8) is 0 Å². The predicted octanol–water partition coefficient (Wildman–Crippen LogP) is 2.49. The number of hydrogen-bond donors (Lipinski definition) is 4. The van der Waals surface area contributed by atoms with E-state index in [-0.39, 0.29) is 24.3 Å². The quantitative estimate of drug-likeness (QED) is 0.435. The van der Waals surface area contributed by atoms with Gasteiger partial charge in [0.05, 0.1) is 11.1 Å². The van der Waals surface area contributed by atoms with Gasteiger partial charge in [-0.05, 0) is 61.8 Å². The molecule has 0 radical (unpaired) electrons. The van der Waals surface area contributed by atoms with Crippen molar-refractivity contribution in [1.29, 1.82) is 0 Å². The van der Waals surface area contributed by atoms with Crippen molar-refractivity contribution < 1.29 is 30.0 Å². The Morgan fingerprint density at radius 2 is 1.17 bits per heavy atom. The van der Waals surface area contributed by atoms with E-state index >= 15 is 0 Å². The Hall–Kier alpha value is -1.92. The zero-order chi connectivity index (χ0) is 17.9. The minimum Gasteiger partial charge on any atom is -0.478 e. The van der Waals surface area contributed by atoms with Gasteiger partial charge >= 0.3 is 11.9 Å². The minimum absolute atomic E-state index is 0.0519. The molecule has 0 unspecified atom stereocenters. The van der Waals surface area contributed by atoms with Gasteiger partial charge in [-0.1, -0.05) is 12.8 Å². The summed E-state index contributed by atoms with van der Waals surface area (Å²) in [7, 11) is 0. The fourth-order valence-electron chi connectivity index (χ4n) is 2.74. The number of carbonyl (C=O) groups is 2. The number of rotatable bonds is 12. The fraction of sp³-hybridized carbons (Fsp3) is 0.556. The smallest absolute Gasteiger partial charge is 0.335 e. The highest BCUT2D eigenvalue weighted by molar-refractivity contribution is 5.97. The van der Waals surface area contributed by atoms with Crippen molar-refractivity contribution in [1.82, 2.24) is 0 Å². The van der Waals surface area contributed by atoms with Gasteiger partial charge in [-0.3, -0.25) is 0 Å². The van der Waals surface area contributed by atoms with E-state index in [1.165, 1.54) is 0 Å². The van der Waals surface area contributed by atoms with Gasteiger partial charge in [-0.25, -0.2) is 9.59 Å². The van der Waals surface area contributed by atoms with Gasteiger partial charge in [-0.2, -0.15) is 0 Å². The first-order valence-electron chi connectivity index (χ1n) is 8.35. The van der Waals surface area contributed by atoms with Crippen LogP contribution in [0, 0.1) is 0 Å². The lowest BCUT2D eigenvalue weighted by atomic mass is 9.91. The largest absolute Gasteiger partial charge is 0.478 e. The molecule has 1 aromatic rings. The van der Waals surface area contributed by atoms with E-state index in [4.69, 9.17) is 10.2 Å². The van der Waals surface area contributed by atoms with E-state index in [9.17, 15) is 19.8 Å². The number of aromatic carboxylic acids is 2. The predicted molar refractivity (Wildman–Crippen MR) is 89.6 cm³/mol. The summed E-state index contributed by atoms with van der Waals surface area (Å²) >= 11 is 0. The first-order valence-corrected chi connectivity index (χ1v) is 8.35. The Morgan fingerprint density at radius 3 is 1.58 bits per heavy atom. The van der Waals surface area contributed by atoms with Crippen LogP contribution in [0.3, 0.4) is 0 Å². The van der Waals surface area contributed by atoms with Gasteiger partial charge in [0.25, 0.3) is 0 Å². The van der Waals surface area contributed by atoms with Crippen molar-refractivity contribution >= 4 is 11.9 Å². The van der Waals surface area contributed by atoms with Crippen LogP contribution in [0.2, 0.25) is 0 Å². The molecule has 0 spiro atoms. The van der Waals surface area contributed by atoms with Crippen molar-refractivity contribution in [2.24, 2.45) is 0 Å². The summed E-state index contributed by atoms with van der Waals surface area (Å²) in [6.45, 7) is 0.192. The monoisotopic (exact) mass is 338 g/mol. The molecule has 0 atom stereocenters. The molecule has 1 rings (SSSR count). The first kappa shape index (κ1) is 20.1. The number of benzene rings is 1. The van der Waals surface area contributed by atoms with Gasteiger partial charge in [-0.15, -0.1) is 0 Å². The third-order valence-corrected chi connectivity index (χ3v) is 3.98. The molecule has 134 valence electrons. The summed E-state index contributed by atoms with van der Waals surface area (Å²) in [6, 6.07) is 3.13. The maximum atomic E-state index is 11.5. The number of aryl methyl sites for hydroxylation is 1. The highest BCUT2D eigenvalue weighted by Gasteiger charge is 2.19. The molecule has 0 saturated heterocycles. The summed E-state index contributed by atoms with van der Waals surface area (Å²) in [4.78, 5) is 23.1. The molecule has 0 aliphatic heterocycles. The number of aliphatic hydroxyl groups is 2. The second-order valence-electron chi connectivity index (χ2n) is 5.85. The van der Waals surface area contributed by atoms with E-state index in [0.29, 0.717) is 43.2 Å². The third kappa shape index (κ3) is 6.29. The maximum absolute atomic E-state index is 11.5. The van der Waals surface area contributed by atoms with Gasteiger partial charge in [0.1, 0.15) is 0 Å². The van der Waals surface area contributed by atoms with E-state index in [1.54, 1.807) is 12.1 Å². The van der Waals surface area contributed by atoms with Crippen molar-refractivity contribution in [3.05, 3.63) is 34.4 Å². The van der Waals surface area contributed by atoms with Gasteiger partial charge in [0, 0.05) is 13.2 Å². The van der Waals surface area contributed by atoms with E-state index < -0.39 is 11.9 Å². The van der Waals surface area contributed by atoms with Crippen LogP contribution in [0.5, 0.6) is 0 Å². The summed E-state index contributed by atoms with van der Waals surface area (Å²) < 4.78 is 0. The SMILES string of the molecule is O=C(O)c1cc(CCCCCO)cc(C(=O)O)c1CCCCCO. The van der Waals surface area contributed by atoms with Gasteiger partial charge < -0.3 is 20.4 Å². The van der Waals surface area contributed by atoms with Crippen LogP contribution in [0.1, 0.15) is 70.4 Å².